The molecule has 2 aromatic carbocycles. The van der Waals surface area contributed by atoms with Crippen LogP contribution in [0.1, 0.15) is 19.4 Å². The second kappa shape index (κ2) is 6.41. The van der Waals surface area contributed by atoms with Gasteiger partial charge in [0.1, 0.15) is 10.5 Å². The molecule has 2 rings (SSSR count). The minimum atomic E-state index is -2.16. The van der Waals surface area contributed by atoms with E-state index in [0.29, 0.717) is 22.5 Å². The molecule has 0 aliphatic heterocycles. The van der Waals surface area contributed by atoms with E-state index in [1.54, 1.807) is 6.07 Å². The molecule has 0 fully saturated rings. The van der Waals surface area contributed by atoms with Crippen LogP contribution in [0.25, 0.3) is 11.1 Å². The van der Waals surface area contributed by atoms with Crippen LogP contribution >= 0.6 is 0 Å². The molecule has 23 heavy (non-hydrogen) atoms. The van der Waals surface area contributed by atoms with Crippen LogP contribution in [0.2, 0.25) is 0 Å². The fraction of sp³-hybridized carbons (Fsp3) is 0.250. The third kappa shape index (κ3) is 3.45. The number of hydrogen-bond donors (Lipinski definition) is 0. The SMILES string of the molecule is CC(C)(Cc1cccc(-c2c(F)c(F)c(F)c(F)c2F)c1)O[SiH3]. The monoisotopic (exact) mass is 346 g/mol. The van der Waals surface area contributed by atoms with Crippen molar-refractivity contribution < 1.29 is 26.4 Å². The number of rotatable bonds is 4. The summed E-state index contributed by atoms with van der Waals surface area (Å²) in [6.45, 7) is 3.70. The van der Waals surface area contributed by atoms with Gasteiger partial charge >= 0.3 is 0 Å². The first-order chi connectivity index (χ1) is 10.7. The molecule has 0 aliphatic carbocycles. The van der Waals surface area contributed by atoms with Crippen LogP contribution in [0, 0.1) is 29.1 Å². The lowest BCUT2D eigenvalue weighted by atomic mass is 9.95. The number of hydrogen-bond acceptors (Lipinski definition) is 1. The van der Waals surface area contributed by atoms with E-state index in [2.05, 4.69) is 0 Å². The fourth-order valence-electron chi connectivity index (χ4n) is 2.26. The summed E-state index contributed by atoms with van der Waals surface area (Å²) in [5, 5.41) is 0. The van der Waals surface area contributed by atoms with Crippen molar-refractivity contribution in [2.75, 3.05) is 0 Å². The largest absolute Gasteiger partial charge is 0.423 e. The molecule has 0 aromatic heterocycles. The Hall–Kier alpha value is -1.73. The summed E-state index contributed by atoms with van der Waals surface area (Å²) in [5.74, 6) is -9.74. The van der Waals surface area contributed by atoms with E-state index < -0.39 is 40.3 Å². The van der Waals surface area contributed by atoms with Crippen LogP contribution in [-0.4, -0.2) is 16.1 Å². The van der Waals surface area contributed by atoms with Crippen LogP contribution < -0.4 is 0 Å². The minimum Gasteiger partial charge on any atom is -0.423 e. The summed E-state index contributed by atoms with van der Waals surface area (Å²) in [5.41, 5.74) is -0.791. The third-order valence-electron chi connectivity index (χ3n) is 3.61. The van der Waals surface area contributed by atoms with Gasteiger partial charge in [-0.25, -0.2) is 22.0 Å². The van der Waals surface area contributed by atoms with Gasteiger partial charge in [0.05, 0.1) is 11.2 Å². The summed E-state index contributed by atoms with van der Waals surface area (Å²) in [6, 6.07) is 5.92. The Labute approximate surface area is 133 Å². The van der Waals surface area contributed by atoms with Crippen molar-refractivity contribution in [1.82, 2.24) is 0 Å². The summed E-state index contributed by atoms with van der Waals surface area (Å²) < 4.78 is 73.0. The lowest BCUT2D eigenvalue weighted by molar-refractivity contribution is 0.124. The zero-order chi connectivity index (χ0) is 17.4. The van der Waals surface area contributed by atoms with E-state index in [0.717, 1.165) is 0 Å². The Bertz CT molecular complexity index is 716. The molecular weight excluding hydrogens is 331 g/mol. The molecule has 7 heteroatoms. The molecule has 0 saturated carbocycles. The van der Waals surface area contributed by atoms with Gasteiger partial charge < -0.3 is 4.43 Å². The Morgan fingerprint density at radius 2 is 1.43 bits per heavy atom. The standard InChI is InChI=1S/C16H15F5OSi/c1-16(2,22-23)7-8-4-3-5-9(6-8)10-11(17)13(19)15(21)14(20)12(10)18/h3-6H,7H2,1-2,23H3. The summed E-state index contributed by atoms with van der Waals surface area (Å²) in [7, 11) is 0.515. The predicted octanol–water partition coefficient (Wildman–Crippen LogP) is 3.67. The molecule has 1 nitrogen and oxygen atoms in total. The highest BCUT2D eigenvalue weighted by molar-refractivity contribution is 5.98. The van der Waals surface area contributed by atoms with Crippen molar-refractivity contribution in [1.29, 1.82) is 0 Å². The van der Waals surface area contributed by atoms with Gasteiger partial charge in [-0.05, 0) is 31.4 Å². The Kier molecular flexibility index (Phi) is 4.91. The van der Waals surface area contributed by atoms with Crippen LogP contribution in [0.3, 0.4) is 0 Å². The molecular formula is C16H15F5OSi. The van der Waals surface area contributed by atoms with Gasteiger partial charge in [-0.2, -0.15) is 0 Å². The molecule has 0 saturated heterocycles. The van der Waals surface area contributed by atoms with Crippen LogP contribution in [0.5, 0.6) is 0 Å². The highest BCUT2D eigenvalue weighted by Crippen LogP contribution is 2.32. The molecule has 0 unspecified atom stereocenters. The third-order valence-corrected chi connectivity index (χ3v) is 4.71. The van der Waals surface area contributed by atoms with Gasteiger partial charge in [-0.1, -0.05) is 24.3 Å². The Morgan fingerprint density at radius 3 is 1.96 bits per heavy atom. The van der Waals surface area contributed by atoms with Gasteiger partial charge in [0.15, 0.2) is 23.3 Å². The van der Waals surface area contributed by atoms with E-state index >= 15 is 0 Å². The van der Waals surface area contributed by atoms with Crippen molar-refractivity contribution >= 4 is 10.5 Å². The van der Waals surface area contributed by atoms with Gasteiger partial charge in [-0.15, -0.1) is 0 Å². The van der Waals surface area contributed by atoms with Gasteiger partial charge in [0.2, 0.25) is 5.82 Å². The summed E-state index contributed by atoms with van der Waals surface area (Å²) >= 11 is 0. The van der Waals surface area contributed by atoms with Gasteiger partial charge in [-0.3, -0.25) is 0 Å². The lowest BCUT2D eigenvalue weighted by Gasteiger charge is -2.24. The zero-order valence-electron chi connectivity index (χ0n) is 12.8. The average molecular weight is 346 g/mol. The number of halogens is 5. The molecule has 0 spiro atoms. The highest BCUT2D eigenvalue weighted by atomic mass is 28.2. The predicted molar refractivity (Wildman–Crippen MR) is 80.5 cm³/mol. The first kappa shape index (κ1) is 17.6. The molecule has 2 aromatic rings. The maximum atomic E-state index is 13.9. The second-order valence-corrected chi connectivity index (χ2v) is 6.19. The smallest absolute Gasteiger partial charge is 0.200 e. The Morgan fingerprint density at radius 1 is 0.913 bits per heavy atom. The first-order valence-electron chi connectivity index (χ1n) is 6.84. The van der Waals surface area contributed by atoms with Crippen LogP contribution in [0.15, 0.2) is 24.3 Å². The number of benzene rings is 2. The van der Waals surface area contributed by atoms with Crippen LogP contribution in [0.4, 0.5) is 22.0 Å². The van der Waals surface area contributed by atoms with E-state index in [9.17, 15) is 22.0 Å². The van der Waals surface area contributed by atoms with E-state index in [-0.39, 0.29) is 5.56 Å². The van der Waals surface area contributed by atoms with Crippen molar-refractivity contribution in [3.63, 3.8) is 0 Å². The fourth-order valence-corrected chi connectivity index (χ4v) is 2.40. The quantitative estimate of drug-likeness (QED) is 0.355. The molecule has 124 valence electrons. The molecule has 0 radical (unpaired) electrons. The first-order valence-corrected chi connectivity index (χ1v) is 7.65. The molecule has 0 amide bonds. The highest BCUT2D eigenvalue weighted by Gasteiger charge is 2.27. The lowest BCUT2D eigenvalue weighted by Crippen LogP contribution is -2.26. The molecule has 0 aliphatic rings. The van der Waals surface area contributed by atoms with Crippen molar-refractivity contribution in [2.24, 2.45) is 0 Å². The topological polar surface area (TPSA) is 9.23 Å². The summed E-state index contributed by atoms with van der Waals surface area (Å²) in [6.07, 6.45) is 0.444. The zero-order valence-corrected chi connectivity index (χ0v) is 14.8. The van der Waals surface area contributed by atoms with Crippen molar-refractivity contribution in [2.45, 2.75) is 25.9 Å². The second-order valence-electron chi connectivity index (χ2n) is 5.79. The van der Waals surface area contributed by atoms with Gasteiger partial charge in [0.25, 0.3) is 0 Å². The van der Waals surface area contributed by atoms with E-state index in [1.807, 2.05) is 13.8 Å². The minimum absolute atomic E-state index is 0.0700. The molecule has 0 N–H and O–H groups in total. The van der Waals surface area contributed by atoms with E-state index in [4.69, 9.17) is 4.43 Å². The molecule has 0 bridgehead atoms. The molecule has 0 atom stereocenters. The summed E-state index contributed by atoms with van der Waals surface area (Å²) in [4.78, 5) is 0. The average Bonchev–Trinajstić information content (AvgIpc) is 2.51. The van der Waals surface area contributed by atoms with E-state index in [1.165, 1.54) is 18.2 Å². The Balaban J connectivity index is 2.56. The van der Waals surface area contributed by atoms with Crippen molar-refractivity contribution in [3.05, 3.63) is 58.9 Å². The van der Waals surface area contributed by atoms with Crippen molar-refractivity contribution in [3.8, 4) is 11.1 Å². The normalized spacial score (nSPS) is 12.0. The van der Waals surface area contributed by atoms with Crippen LogP contribution in [-0.2, 0) is 10.8 Å². The maximum absolute atomic E-state index is 13.9. The van der Waals surface area contributed by atoms with Gasteiger partial charge in [0, 0.05) is 0 Å². The maximum Gasteiger partial charge on any atom is 0.200 e. The molecule has 0 heterocycles.